The first-order valence-corrected chi connectivity index (χ1v) is 5.30. The number of hydrogen-bond acceptors (Lipinski definition) is 2. The van der Waals surface area contributed by atoms with Crippen LogP contribution < -0.4 is 10.2 Å². The maximum absolute atomic E-state index is 5.22. The second kappa shape index (κ2) is 4.75. The lowest BCUT2D eigenvalue weighted by Crippen LogP contribution is -2.11. The van der Waals surface area contributed by atoms with Gasteiger partial charge in [0.15, 0.2) is 0 Å². The fourth-order valence-corrected chi connectivity index (χ4v) is 1.67. The monoisotopic (exact) mass is 216 g/mol. The van der Waals surface area contributed by atoms with Crippen LogP contribution in [-0.4, -0.2) is 11.8 Å². The van der Waals surface area contributed by atoms with Gasteiger partial charge in [-0.25, -0.2) is 0 Å². The third kappa shape index (κ3) is 2.37. The molecule has 1 aromatic heterocycles. The van der Waals surface area contributed by atoms with E-state index in [9.17, 15) is 0 Å². The normalized spacial score (nSPS) is 10.1. The fourth-order valence-electron chi connectivity index (χ4n) is 1.67. The lowest BCUT2D eigenvalue weighted by molar-refractivity contribution is 0.411. The van der Waals surface area contributed by atoms with Gasteiger partial charge in [0, 0.05) is 12.4 Å². The average Bonchev–Trinajstić information content (AvgIpc) is 2.79. The molecular formula is C13H16N2O. The fraction of sp³-hybridized carbons (Fsp3) is 0.231. The summed E-state index contributed by atoms with van der Waals surface area (Å²) in [5.41, 5.74) is 5.69. The molecule has 3 heteroatoms. The SMILES string of the molecule is COc1ccc(CNn2cccc2)cc1C. The number of hydrogen-bond donors (Lipinski definition) is 1. The molecule has 0 bridgehead atoms. The van der Waals surface area contributed by atoms with Crippen molar-refractivity contribution < 1.29 is 4.74 Å². The van der Waals surface area contributed by atoms with Gasteiger partial charge in [0.25, 0.3) is 0 Å². The van der Waals surface area contributed by atoms with E-state index in [-0.39, 0.29) is 0 Å². The van der Waals surface area contributed by atoms with Crippen molar-refractivity contribution in [2.24, 2.45) is 0 Å². The van der Waals surface area contributed by atoms with Gasteiger partial charge in [-0.15, -0.1) is 0 Å². The van der Waals surface area contributed by atoms with Crippen molar-refractivity contribution in [2.45, 2.75) is 13.5 Å². The molecule has 1 N–H and O–H groups in total. The lowest BCUT2D eigenvalue weighted by Gasteiger charge is -2.10. The third-order valence-corrected chi connectivity index (χ3v) is 2.53. The number of nitrogens with zero attached hydrogens (tertiary/aromatic N) is 1. The van der Waals surface area contributed by atoms with Crippen LogP contribution in [0.5, 0.6) is 5.75 Å². The van der Waals surface area contributed by atoms with Crippen LogP contribution in [0.3, 0.4) is 0 Å². The number of aryl methyl sites for hydroxylation is 1. The number of nitrogens with one attached hydrogen (secondary N) is 1. The standard InChI is InChI=1S/C13H16N2O/c1-11-9-12(5-6-13(11)16-2)10-14-15-7-3-4-8-15/h3-9,14H,10H2,1-2H3. The van der Waals surface area contributed by atoms with Gasteiger partial charge in [-0.1, -0.05) is 12.1 Å². The predicted molar refractivity (Wildman–Crippen MR) is 65.2 cm³/mol. The molecule has 1 aromatic carbocycles. The highest BCUT2D eigenvalue weighted by Gasteiger charge is 1.99. The van der Waals surface area contributed by atoms with E-state index in [4.69, 9.17) is 4.74 Å². The number of benzene rings is 1. The Balaban J connectivity index is 2.02. The van der Waals surface area contributed by atoms with E-state index >= 15 is 0 Å². The van der Waals surface area contributed by atoms with Gasteiger partial charge < -0.3 is 10.2 Å². The molecule has 0 unspecified atom stereocenters. The Labute approximate surface area is 95.6 Å². The molecule has 0 fully saturated rings. The van der Waals surface area contributed by atoms with Gasteiger partial charge in [0.2, 0.25) is 0 Å². The summed E-state index contributed by atoms with van der Waals surface area (Å²) in [6.45, 7) is 2.86. The number of methoxy groups -OCH3 is 1. The summed E-state index contributed by atoms with van der Waals surface area (Å²) in [6.07, 6.45) is 3.97. The average molecular weight is 216 g/mol. The molecule has 0 saturated heterocycles. The number of ether oxygens (including phenoxy) is 1. The van der Waals surface area contributed by atoms with Crippen LogP contribution in [0.15, 0.2) is 42.7 Å². The summed E-state index contributed by atoms with van der Waals surface area (Å²) in [4.78, 5) is 0. The molecule has 0 saturated carbocycles. The Bertz CT molecular complexity index is 449. The molecule has 0 aliphatic carbocycles. The Kier molecular flexibility index (Phi) is 3.15. The van der Waals surface area contributed by atoms with Crippen LogP contribution in [0, 0.1) is 6.92 Å². The van der Waals surface area contributed by atoms with E-state index in [2.05, 4.69) is 24.5 Å². The minimum Gasteiger partial charge on any atom is -0.496 e. The molecule has 0 radical (unpaired) electrons. The van der Waals surface area contributed by atoms with E-state index in [1.807, 2.05) is 35.3 Å². The zero-order valence-electron chi connectivity index (χ0n) is 9.60. The van der Waals surface area contributed by atoms with Crippen LogP contribution in [-0.2, 0) is 6.54 Å². The summed E-state index contributed by atoms with van der Waals surface area (Å²) in [5, 5.41) is 0. The topological polar surface area (TPSA) is 26.2 Å². The van der Waals surface area contributed by atoms with Gasteiger partial charge in [-0.2, -0.15) is 0 Å². The largest absolute Gasteiger partial charge is 0.496 e. The van der Waals surface area contributed by atoms with Crippen molar-refractivity contribution >= 4 is 0 Å². The zero-order chi connectivity index (χ0) is 11.4. The van der Waals surface area contributed by atoms with Crippen molar-refractivity contribution in [3.63, 3.8) is 0 Å². The van der Waals surface area contributed by atoms with Crippen LogP contribution in [0.25, 0.3) is 0 Å². The molecule has 16 heavy (non-hydrogen) atoms. The highest BCUT2D eigenvalue weighted by atomic mass is 16.5. The Morgan fingerprint density at radius 3 is 2.62 bits per heavy atom. The van der Waals surface area contributed by atoms with Gasteiger partial charge in [0.05, 0.1) is 13.7 Å². The highest BCUT2D eigenvalue weighted by Crippen LogP contribution is 2.18. The Hall–Kier alpha value is -1.90. The van der Waals surface area contributed by atoms with Crippen LogP contribution >= 0.6 is 0 Å². The smallest absolute Gasteiger partial charge is 0.121 e. The third-order valence-electron chi connectivity index (χ3n) is 2.53. The molecular weight excluding hydrogens is 200 g/mol. The molecule has 3 nitrogen and oxygen atoms in total. The summed E-state index contributed by atoms with van der Waals surface area (Å²) < 4.78 is 7.17. The predicted octanol–water partition coefficient (Wildman–Crippen LogP) is 2.55. The molecule has 1 heterocycles. The van der Waals surface area contributed by atoms with Gasteiger partial charge in [-0.05, 0) is 36.2 Å². The molecule has 0 aliphatic rings. The minimum atomic E-state index is 0.805. The van der Waals surface area contributed by atoms with Crippen molar-refractivity contribution in [3.05, 3.63) is 53.9 Å². The zero-order valence-corrected chi connectivity index (χ0v) is 9.60. The molecule has 0 aliphatic heterocycles. The van der Waals surface area contributed by atoms with Crippen molar-refractivity contribution in [2.75, 3.05) is 12.5 Å². The quantitative estimate of drug-likeness (QED) is 0.850. The summed E-state index contributed by atoms with van der Waals surface area (Å²) >= 11 is 0. The van der Waals surface area contributed by atoms with E-state index in [0.29, 0.717) is 0 Å². The van der Waals surface area contributed by atoms with E-state index in [0.717, 1.165) is 17.9 Å². The Morgan fingerprint density at radius 2 is 2.00 bits per heavy atom. The van der Waals surface area contributed by atoms with Crippen LogP contribution in [0.4, 0.5) is 0 Å². The molecule has 0 spiro atoms. The van der Waals surface area contributed by atoms with E-state index in [1.54, 1.807) is 7.11 Å². The summed E-state index contributed by atoms with van der Waals surface area (Å²) in [6, 6.07) is 10.2. The van der Waals surface area contributed by atoms with Crippen molar-refractivity contribution in [1.82, 2.24) is 4.68 Å². The first kappa shape index (κ1) is 10.6. The second-order valence-corrected chi connectivity index (χ2v) is 3.73. The first-order chi connectivity index (χ1) is 7.79. The molecule has 0 amide bonds. The van der Waals surface area contributed by atoms with Gasteiger partial charge >= 0.3 is 0 Å². The van der Waals surface area contributed by atoms with Crippen LogP contribution in [0.1, 0.15) is 11.1 Å². The number of rotatable bonds is 4. The maximum atomic E-state index is 5.22. The first-order valence-electron chi connectivity index (χ1n) is 5.30. The molecule has 2 rings (SSSR count). The Morgan fingerprint density at radius 1 is 1.25 bits per heavy atom. The highest BCUT2D eigenvalue weighted by molar-refractivity contribution is 5.36. The molecule has 84 valence electrons. The van der Waals surface area contributed by atoms with Crippen molar-refractivity contribution in [3.8, 4) is 5.75 Å². The van der Waals surface area contributed by atoms with Crippen molar-refractivity contribution in [1.29, 1.82) is 0 Å². The van der Waals surface area contributed by atoms with E-state index < -0.39 is 0 Å². The maximum Gasteiger partial charge on any atom is 0.121 e. The lowest BCUT2D eigenvalue weighted by atomic mass is 10.1. The molecule has 2 aromatic rings. The number of aromatic nitrogens is 1. The molecule has 0 atom stereocenters. The van der Waals surface area contributed by atoms with Crippen LogP contribution in [0.2, 0.25) is 0 Å². The van der Waals surface area contributed by atoms with E-state index in [1.165, 1.54) is 5.56 Å². The second-order valence-electron chi connectivity index (χ2n) is 3.73. The summed E-state index contributed by atoms with van der Waals surface area (Å²) in [5.74, 6) is 0.935. The van der Waals surface area contributed by atoms with Gasteiger partial charge in [-0.3, -0.25) is 4.68 Å². The summed E-state index contributed by atoms with van der Waals surface area (Å²) in [7, 11) is 1.69. The minimum absolute atomic E-state index is 0.805. The van der Waals surface area contributed by atoms with Gasteiger partial charge in [0.1, 0.15) is 5.75 Å².